The number of esters is 1. The predicted octanol–water partition coefficient (Wildman–Crippen LogP) is 6.72. The Bertz CT molecular complexity index is 2480. The first kappa shape index (κ1) is 55.4. The van der Waals surface area contributed by atoms with Gasteiger partial charge < -0.3 is 57.7 Å². The summed E-state index contributed by atoms with van der Waals surface area (Å²) < 4.78 is 50.3. The van der Waals surface area contributed by atoms with E-state index in [4.69, 9.17) is 52.9 Å². The summed E-state index contributed by atoms with van der Waals surface area (Å²) in [6, 6.07) is 10.4. The maximum absolute atomic E-state index is 13.8. The average Bonchev–Trinajstić information content (AvgIpc) is 3.98. The molecule has 3 amide bonds. The molecule has 5 heterocycles. The molecule has 0 unspecified atom stereocenters. The van der Waals surface area contributed by atoms with E-state index >= 15 is 0 Å². The number of pyridine rings is 1. The molecule has 4 aliphatic heterocycles. The molecule has 2 fully saturated rings. The van der Waals surface area contributed by atoms with Crippen molar-refractivity contribution in [3.8, 4) is 23.0 Å². The number of rotatable bonds is 27. The van der Waals surface area contributed by atoms with Crippen LogP contribution in [0.1, 0.15) is 84.6 Å². The topological polar surface area (TPSA) is 207 Å². The molecule has 3 aromatic rings. The molecule has 74 heavy (non-hydrogen) atoms. The first-order valence-electron chi connectivity index (χ1n) is 24.8. The number of allylic oxidation sites excluding steroid dienone is 2. The number of benzene rings is 2. The van der Waals surface area contributed by atoms with Crippen LogP contribution < -0.4 is 24.3 Å². The largest absolute Gasteiger partial charge is 0.493 e. The molecule has 19 nitrogen and oxygen atoms in total. The zero-order valence-corrected chi connectivity index (χ0v) is 44.2. The first-order chi connectivity index (χ1) is 35.8. The van der Waals surface area contributed by atoms with E-state index in [2.05, 4.69) is 22.2 Å². The monoisotopic (exact) mass is 1040 g/mol. The van der Waals surface area contributed by atoms with Gasteiger partial charge in [-0.2, -0.15) is 0 Å². The number of thioether (sulfide) groups is 1. The van der Waals surface area contributed by atoms with Crippen LogP contribution in [0.2, 0.25) is 0 Å². The molecule has 0 saturated carbocycles. The van der Waals surface area contributed by atoms with Crippen molar-refractivity contribution in [1.82, 2.24) is 20.1 Å². The number of fused-ring (bicyclic) bond motifs is 4. The molecule has 398 valence electrons. The van der Waals surface area contributed by atoms with Crippen molar-refractivity contribution in [2.24, 2.45) is 9.98 Å². The summed E-state index contributed by atoms with van der Waals surface area (Å²) in [6.07, 6.45) is 9.44. The Balaban J connectivity index is 0.982. The van der Waals surface area contributed by atoms with Gasteiger partial charge in [0.15, 0.2) is 23.0 Å². The van der Waals surface area contributed by atoms with E-state index in [1.165, 1.54) is 44.2 Å². The maximum Gasteiger partial charge on any atom is 0.307 e. The van der Waals surface area contributed by atoms with Gasteiger partial charge in [-0.15, -0.1) is 11.8 Å². The fraction of sp³-hybridized carbons (Fsp3) is 0.500. The number of ether oxygens (including phenoxy) is 9. The summed E-state index contributed by atoms with van der Waals surface area (Å²) in [4.78, 5) is 69.8. The van der Waals surface area contributed by atoms with Crippen LogP contribution in [0.4, 0.5) is 11.4 Å². The van der Waals surface area contributed by atoms with E-state index in [0.717, 1.165) is 18.4 Å². The number of hydrogen-bond donors (Lipinski definition) is 1. The van der Waals surface area contributed by atoms with Crippen molar-refractivity contribution >= 4 is 59.3 Å². The van der Waals surface area contributed by atoms with E-state index < -0.39 is 4.75 Å². The predicted molar refractivity (Wildman–Crippen MR) is 280 cm³/mol. The van der Waals surface area contributed by atoms with Crippen LogP contribution in [0.25, 0.3) is 0 Å². The van der Waals surface area contributed by atoms with Gasteiger partial charge in [-0.05, 0) is 70.4 Å². The fourth-order valence-corrected chi connectivity index (χ4v) is 9.52. The normalized spacial score (nSPS) is 17.9. The molecule has 20 heteroatoms. The Labute approximate surface area is 437 Å². The van der Waals surface area contributed by atoms with Crippen LogP contribution in [0.5, 0.6) is 23.0 Å². The van der Waals surface area contributed by atoms with Crippen LogP contribution in [0.3, 0.4) is 0 Å². The molecular weight excluding hydrogens is 973 g/mol. The molecule has 0 aliphatic carbocycles. The number of aromatic nitrogens is 1. The quantitative estimate of drug-likeness (QED) is 0.0478. The number of hydrogen-bond acceptors (Lipinski definition) is 17. The molecule has 2 aromatic carbocycles. The lowest BCUT2D eigenvalue weighted by atomic mass is 10.0. The minimum Gasteiger partial charge on any atom is -0.493 e. The third-order valence-corrected chi connectivity index (χ3v) is 14.3. The zero-order chi connectivity index (χ0) is 52.6. The first-order valence-corrected chi connectivity index (χ1v) is 25.8. The molecule has 2 saturated heterocycles. The smallest absolute Gasteiger partial charge is 0.307 e. The second-order valence-corrected chi connectivity index (χ2v) is 19.8. The molecule has 2 atom stereocenters. The fourth-order valence-electron chi connectivity index (χ4n) is 8.64. The van der Waals surface area contributed by atoms with E-state index in [9.17, 15) is 19.2 Å². The molecular formula is C54H68N6O13S. The van der Waals surface area contributed by atoms with Crippen molar-refractivity contribution in [3.05, 3.63) is 87.8 Å². The maximum atomic E-state index is 13.8. The number of nitrogens with zero attached hydrogens (tertiary/aromatic N) is 5. The van der Waals surface area contributed by atoms with Crippen molar-refractivity contribution in [3.63, 3.8) is 0 Å². The molecule has 1 aromatic heterocycles. The highest BCUT2D eigenvalue weighted by molar-refractivity contribution is 8.00. The van der Waals surface area contributed by atoms with Crippen molar-refractivity contribution in [1.29, 1.82) is 0 Å². The van der Waals surface area contributed by atoms with Crippen molar-refractivity contribution in [2.75, 3.05) is 99.6 Å². The van der Waals surface area contributed by atoms with Gasteiger partial charge in [-0.3, -0.25) is 34.1 Å². The standard InChI is InChI=1S/C54H68N6O13S/c1-8-35-20-40-28-56-44-26-48(46(65-5)24-42(44)52(63)59(40)30-35)72-32-38-22-37(54(3,4)74-34-50(61)55-11-13-69-15-17-71-19-18-70-16-14-68-12-10-51(62)67-7)23-39(58-38)33-73-49-27-45-43(25-47(49)66-6)53(64)60-31-36(9-2)21-41(60)29-57-45/h8-9,22-29,40-41H,10-21,30-34H2,1-7H3,(H,55,61)/t40-,41-/m0/s1. The molecule has 0 bridgehead atoms. The van der Waals surface area contributed by atoms with Gasteiger partial charge in [0.25, 0.3) is 11.8 Å². The number of amides is 3. The summed E-state index contributed by atoms with van der Waals surface area (Å²) in [6.45, 7) is 12.4. The summed E-state index contributed by atoms with van der Waals surface area (Å²) in [7, 11) is 4.40. The van der Waals surface area contributed by atoms with Crippen LogP contribution in [-0.4, -0.2) is 163 Å². The van der Waals surface area contributed by atoms with Crippen LogP contribution in [0, 0.1) is 0 Å². The molecule has 0 radical (unpaired) electrons. The minimum absolute atomic E-state index is 0.0228. The molecule has 1 N–H and O–H groups in total. The van der Waals surface area contributed by atoms with Gasteiger partial charge in [0, 0.05) is 48.9 Å². The summed E-state index contributed by atoms with van der Waals surface area (Å²) in [5, 5.41) is 2.93. The molecule has 0 spiro atoms. The number of carbonyl (C=O) groups is 4. The highest BCUT2D eigenvalue weighted by Crippen LogP contribution is 2.42. The SMILES string of the molecule is CC=C1C[C@H]2C=Nc3cc(OCc4cc(C(C)(C)SCC(=O)NCCOCCOCCOCCOCCC(=O)OC)cc(COc5cc6c(cc5OC)C(=O)N5CC(=CC)C[C@H]5C=N6)n4)c(OC)cc3C(=O)N2C1. The second-order valence-electron chi connectivity index (χ2n) is 18.2. The summed E-state index contributed by atoms with van der Waals surface area (Å²) in [5.74, 6) is 1.03. The highest BCUT2D eigenvalue weighted by Gasteiger charge is 2.36. The molecule has 7 rings (SSSR count). The number of aliphatic imine (C=N–C) groups is 2. The highest BCUT2D eigenvalue weighted by atomic mass is 32.2. The number of nitrogens with one attached hydrogen (secondary N) is 1. The number of methoxy groups -OCH3 is 3. The van der Waals surface area contributed by atoms with Gasteiger partial charge >= 0.3 is 5.97 Å². The number of carbonyl (C=O) groups excluding carboxylic acids is 4. The van der Waals surface area contributed by atoms with E-state index in [1.807, 2.05) is 62.1 Å². The lowest BCUT2D eigenvalue weighted by Gasteiger charge is -2.26. The van der Waals surface area contributed by atoms with Gasteiger partial charge in [0.05, 0.1) is 132 Å². The second kappa shape index (κ2) is 26.8. The Morgan fingerprint density at radius 2 is 1.15 bits per heavy atom. The Kier molecular flexibility index (Phi) is 20.0. The van der Waals surface area contributed by atoms with Gasteiger partial charge in [-0.25, -0.2) is 0 Å². The summed E-state index contributed by atoms with van der Waals surface area (Å²) in [5.41, 5.74) is 6.26. The van der Waals surface area contributed by atoms with Gasteiger partial charge in [0.2, 0.25) is 5.91 Å². The van der Waals surface area contributed by atoms with E-state index in [-0.39, 0.29) is 67.8 Å². The van der Waals surface area contributed by atoms with E-state index in [0.29, 0.717) is 123 Å². The molecule has 4 aliphatic rings. The lowest BCUT2D eigenvalue weighted by Crippen LogP contribution is -2.35. The van der Waals surface area contributed by atoms with Crippen LogP contribution in [0.15, 0.2) is 69.7 Å². The minimum atomic E-state index is -0.590. The third-order valence-electron chi connectivity index (χ3n) is 12.9. The zero-order valence-electron chi connectivity index (χ0n) is 43.4. The third kappa shape index (κ3) is 14.5. The Hall–Kier alpha value is -6.32. The van der Waals surface area contributed by atoms with E-state index in [1.54, 1.807) is 24.3 Å². The average molecular weight is 1040 g/mol. The Morgan fingerprint density at radius 3 is 1.61 bits per heavy atom. The Morgan fingerprint density at radius 1 is 0.676 bits per heavy atom. The summed E-state index contributed by atoms with van der Waals surface area (Å²) >= 11 is 1.47. The van der Waals surface area contributed by atoms with Crippen molar-refractivity contribution in [2.45, 2.75) is 77.0 Å². The lowest BCUT2D eigenvalue weighted by molar-refractivity contribution is -0.142. The van der Waals surface area contributed by atoms with Gasteiger partial charge in [0.1, 0.15) is 13.2 Å². The van der Waals surface area contributed by atoms with Crippen LogP contribution >= 0.6 is 11.8 Å². The van der Waals surface area contributed by atoms with Crippen LogP contribution in [-0.2, 0) is 51.2 Å². The van der Waals surface area contributed by atoms with Crippen molar-refractivity contribution < 1.29 is 61.8 Å². The van der Waals surface area contributed by atoms with Gasteiger partial charge in [-0.1, -0.05) is 23.3 Å².